The van der Waals surface area contributed by atoms with Crippen LogP contribution in [-0.2, 0) is 9.53 Å². The zero-order valence-corrected chi connectivity index (χ0v) is 9.55. The van der Waals surface area contributed by atoms with E-state index < -0.39 is 6.10 Å². The summed E-state index contributed by atoms with van der Waals surface area (Å²) in [5.41, 5.74) is 0. The Kier molecular flexibility index (Phi) is 4.75. The Bertz CT molecular complexity index is 196. The van der Waals surface area contributed by atoms with Crippen LogP contribution in [0, 0.1) is 5.92 Å². The molecule has 3 nitrogen and oxygen atoms in total. The number of carbonyl (C=O) groups excluding carboxylic acids is 1. The van der Waals surface area contributed by atoms with Gasteiger partial charge in [-0.25, -0.2) is 0 Å². The maximum atomic E-state index is 11.5. The summed E-state index contributed by atoms with van der Waals surface area (Å²) >= 11 is 1.63. The molecule has 3 unspecified atom stereocenters. The van der Waals surface area contributed by atoms with Crippen LogP contribution in [0.3, 0.4) is 0 Å². The number of hydrogen-bond donors (Lipinski definition) is 1. The van der Waals surface area contributed by atoms with Gasteiger partial charge in [0.15, 0.2) is 0 Å². The van der Waals surface area contributed by atoms with Crippen LogP contribution in [0.5, 0.6) is 0 Å². The molecule has 0 aromatic rings. The highest BCUT2D eigenvalue weighted by atomic mass is 32.2. The SMILES string of the molecule is CCCC(C)C(=O)OC1CSCC1O. The summed E-state index contributed by atoms with van der Waals surface area (Å²) in [6.45, 7) is 3.92. The second-order valence-electron chi connectivity index (χ2n) is 3.77. The van der Waals surface area contributed by atoms with Crippen LogP contribution in [-0.4, -0.2) is 34.8 Å². The number of esters is 1. The lowest BCUT2D eigenvalue weighted by molar-refractivity contribution is -0.156. The fraction of sp³-hybridized carbons (Fsp3) is 0.900. The summed E-state index contributed by atoms with van der Waals surface area (Å²) in [7, 11) is 0. The quantitative estimate of drug-likeness (QED) is 0.725. The van der Waals surface area contributed by atoms with Gasteiger partial charge in [-0.15, -0.1) is 0 Å². The van der Waals surface area contributed by atoms with Gasteiger partial charge in [-0.2, -0.15) is 11.8 Å². The Morgan fingerprint density at radius 3 is 2.86 bits per heavy atom. The van der Waals surface area contributed by atoms with Gasteiger partial charge in [0.25, 0.3) is 0 Å². The van der Waals surface area contributed by atoms with Gasteiger partial charge in [0, 0.05) is 11.5 Å². The third-order valence-electron chi connectivity index (χ3n) is 2.39. The summed E-state index contributed by atoms with van der Waals surface area (Å²) in [4.78, 5) is 11.5. The van der Waals surface area contributed by atoms with Crippen LogP contribution in [0.1, 0.15) is 26.7 Å². The third-order valence-corrected chi connectivity index (χ3v) is 3.53. The fourth-order valence-corrected chi connectivity index (χ4v) is 2.57. The molecule has 0 aliphatic carbocycles. The number of aliphatic hydroxyl groups is 1. The number of ether oxygens (including phenoxy) is 1. The molecular weight excluding hydrogens is 200 g/mol. The zero-order valence-electron chi connectivity index (χ0n) is 8.73. The Morgan fingerprint density at radius 2 is 2.36 bits per heavy atom. The van der Waals surface area contributed by atoms with Gasteiger partial charge in [0.2, 0.25) is 0 Å². The average molecular weight is 218 g/mol. The van der Waals surface area contributed by atoms with Crippen LogP contribution in [0.2, 0.25) is 0 Å². The third kappa shape index (κ3) is 3.17. The highest BCUT2D eigenvalue weighted by molar-refractivity contribution is 7.99. The van der Waals surface area contributed by atoms with Gasteiger partial charge in [-0.3, -0.25) is 4.79 Å². The number of rotatable bonds is 4. The second kappa shape index (κ2) is 5.61. The smallest absolute Gasteiger partial charge is 0.309 e. The highest BCUT2D eigenvalue weighted by Gasteiger charge is 2.30. The van der Waals surface area contributed by atoms with E-state index in [9.17, 15) is 9.90 Å². The maximum Gasteiger partial charge on any atom is 0.309 e. The van der Waals surface area contributed by atoms with Crippen LogP contribution in [0.15, 0.2) is 0 Å². The van der Waals surface area contributed by atoms with E-state index in [1.165, 1.54) is 0 Å². The number of thioether (sulfide) groups is 1. The lowest BCUT2D eigenvalue weighted by Crippen LogP contribution is -2.31. The van der Waals surface area contributed by atoms with Gasteiger partial charge in [0.1, 0.15) is 12.2 Å². The van der Waals surface area contributed by atoms with E-state index in [1.54, 1.807) is 11.8 Å². The lowest BCUT2D eigenvalue weighted by Gasteiger charge is -2.17. The molecule has 0 saturated carbocycles. The highest BCUT2D eigenvalue weighted by Crippen LogP contribution is 2.22. The van der Waals surface area contributed by atoms with Crippen molar-refractivity contribution >= 4 is 17.7 Å². The van der Waals surface area contributed by atoms with Gasteiger partial charge in [0.05, 0.1) is 5.92 Å². The molecule has 1 aliphatic rings. The summed E-state index contributed by atoms with van der Waals surface area (Å²) in [5, 5.41) is 9.45. The molecule has 0 aromatic heterocycles. The van der Waals surface area contributed by atoms with E-state index in [4.69, 9.17) is 4.74 Å². The molecular formula is C10H18O3S. The molecule has 14 heavy (non-hydrogen) atoms. The van der Waals surface area contributed by atoms with Crippen molar-refractivity contribution in [2.24, 2.45) is 5.92 Å². The first-order valence-electron chi connectivity index (χ1n) is 5.11. The van der Waals surface area contributed by atoms with E-state index in [2.05, 4.69) is 0 Å². The average Bonchev–Trinajstić information content (AvgIpc) is 2.52. The number of aliphatic hydroxyl groups excluding tert-OH is 1. The van der Waals surface area contributed by atoms with Crippen LogP contribution >= 0.6 is 11.8 Å². The Labute approximate surface area is 89.2 Å². The molecule has 4 heteroatoms. The normalized spacial score (nSPS) is 28.8. The van der Waals surface area contributed by atoms with E-state index in [0.29, 0.717) is 5.75 Å². The minimum absolute atomic E-state index is 0.0437. The molecule has 1 saturated heterocycles. The topological polar surface area (TPSA) is 46.5 Å². The van der Waals surface area contributed by atoms with Crippen molar-refractivity contribution in [3.63, 3.8) is 0 Å². The fourth-order valence-electron chi connectivity index (χ4n) is 1.45. The zero-order chi connectivity index (χ0) is 10.6. The molecule has 0 aromatic carbocycles. The first-order valence-corrected chi connectivity index (χ1v) is 6.27. The predicted octanol–water partition coefficient (Wildman–Crippen LogP) is 1.44. The van der Waals surface area contributed by atoms with Crippen molar-refractivity contribution in [1.29, 1.82) is 0 Å². The predicted molar refractivity (Wildman–Crippen MR) is 57.3 cm³/mol. The molecule has 1 heterocycles. The largest absolute Gasteiger partial charge is 0.458 e. The van der Waals surface area contributed by atoms with Crippen LogP contribution in [0.25, 0.3) is 0 Å². The second-order valence-corrected chi connectivity index (χ2v) is 4.84. The monoisotopic (exact) mass is 218 g/mol. The van der Waals surface area contributed by atoms with Gasteiger partial charge in [-0.1, -0.05) is 20.3 Å². The molecule has 1 rings (SSSR count). The molecule has 0 bridgehead atoms. The molecule has 82 valence electrons. The maximum absolute atomic E-state index is 11.5. The van der Waals surface area contributed by atoms with Gasteiger partial charge >= 0.3 is 5.97 Å². The first kappa shape index (κ1) is 11.9. The van der Waals surface area contributed by atoms with Crippen LogP contribution < -0.4 is 0 Å². The van der Waals surface area contributed by atoms with Crippen molar-refractivity contribution in [2.75, 3.05) is 11.5 Å². The van der Waals surface area contributed by atoms with E-state index in [-0.39, 0.29) is 18.0 Å². The van der Waals surface area contributed by atoms with E-state index in [1.807, 2.05) is 13.8 Å². The van der Waals surface area contributed by atoms with Crippen molar-refractivity contribution in [3.05, 3.63) is 0 Å². The number of carbonyl (C=O) groups is 1. The van der Waals surface area contributed by atoms with Crippen molar-refractivity contribution < 1.29 is 14.6 Å². The van der Waals surface area contributed by atoms with E-state index >= 15 is 0 Å². The first-order chi connectivity index (χ1) is 6.65. The summed E-state index contributed by atoms with van der Waals surface area (Å²) in [6.07, 6.45) is 1.08. The Morgan fingerprint density at radius 1 is 1.64 bits per heavy atom. The minimum atomic E-state index is -0.474. The van der Waals surface area contributed by atoms with Gasteiger partial charge < -0.3 is 9.84 Å². The van der Waals surface area contributed by atoms with Crippen molar-refractivity contribution in [2.45, 2.75) is 38.9 Å². The molecule has 0 spiro atoms. The minimum Gasteiger partial charge on any atom is -0.458 e. The van der Waals surface area contributed by atoms with Crippen molar-refractivity contribution in [3.8, 4) is 0 Å². The molecule has 1 N–H and O–H groups in total. The summed E-state index contributed by atoms with van der Waals surface area (Å²) in [5.74, 6) is 1.20. The summed E-state index contributed by atoms with van der Waals surface area (Å²) in [6, 6.07) is 0. The van der Waals surface area contributed by atoms with Crippen molar-refractivity contribution in [1.82, 2.24) is 0 Å². The molecule has 3 atom stereocenters. The molecule has 0 amide bonds. The van der Waals surface area contributed by atoms with E-state index in [0.717, 1.165) is 18.6 Å². The Hall–Kier alpha value is -0.220. The standard InChI is InChI=1S/C10H18O3S/c1-3-4-7(2)10(12)13-9-6-14-5-8(9)11/h7-9,11H,3-6H2,1-2H3. The Balaban J connectivity index is 2.32. The summed E-state index contributed by atoms with van der Waals surface area (Å²) < 4.78 is 5.23. The molecule has 1 fully saturated rings. The number of hydrogen-bond acceptors (Lipinski definition) is 4. The van der Waals surface area contributed by atoms with Gasteiger partial charge in [-0.05, 0) is 6.42 Å². The lowest BCUT2D eigenvalue weighted by atomic mass is 10.1. The molecule has 0 radical (unpaired) electrons. The molecule has 1 aliphatic heterocycles. The van der Waals surface area contributed by atoms with Crippen LogP contribution in [0.4, 0.5) is 0 Å².